The van der Waals surface area contributed by atoms with Crippen molar-refractivity contribution in [2.45, 2.75) is 390 Å². The number of ether oxygens (including phenoxy) is 5. The van der Waals surface area contributed by atoms with Crippen LogP contribution in [0.2, 0.25) is 0 Å². The molecule has 145 heavy (non-hydrogen) atoms. The van der Waals surface area contributed by atoms with Gasteiger partial charge in [-0.1, -0.05) is 188 Å². The second-order valence-corrected chi connectivity index (χ2v) is 49.8. The molecular weight excluding hydrogens is 1870 g/mol. The molecule has 18 atom stereocenters. The average Bonchev–Trinajstić information content (AvgIpc) is 1.52. The Bertz CT molecular complexity index is 4820. The van der Waals surface area contributed by atoms with Gasteiger partial charge in [0, 0.05) is 38.6 Å². The lowest BCUT2D eigenvalue weighted by Gasteiger charge is -2.43. The van der Waals surface area contributed by atoms with Gasteiger partial charge >= 0.3 is 42.0 Å². The van der Waals surface area contributed by atoms with Gasteiger partial charge in [-0.2, -0.15) is 0 Å². The van der Waals surface area contributed by atoms with Gasteiger partial charge in [0.25, 0.3) is 17.7 Å². The Balaban J connectivity index is 0.000000243. The first-order chi connectivity index (χ1) is 67.1. The highest BCUT2D eigenvalue weighted by Gasteiger charge is 2.72. The number of Topliss-reactive ketones (excluding diaryl/α,β-unsaturated/α-hetero) is 3. The number of rotatable bonds is 42. The molecule has 0 spiro atoms. The van der Waals surface area contributed by atoms with E-state index in [1.165, 1.54) is 26.9 Å². The summed E-state index contributed by atoms with van der Waals surface area (Å²) >= 11 is 0. The number of nitrogens with one attached hydrogen (secondary N) is 11. The number of hydrogen-bond donors (Lipinski definition) is 12. The van der Waals surface area contributed by atoms with Gasteiger partial charge in [0.15, 0.2) is 0 Å². The molecular formula is C106H169N15O24. The van der Waals surface area contributed by atoms with E-state index in [1.54, 1.807) is 76.2 Å². The molecule has 39 nitrogen and oxygen atoms in total. The quantitative estimate of drug-likeness (QED) is 0.0120. The minimum absolute atomic E-state index is 0.00421. The number of fused-ring (bicyclic) bond motifs is 3. The summed E-state index contributed by atoms with van der Waals surface area (Å²) in [5.74, 6) is -10.5. The Morgan fingerprint density at radius 1 is 0.476 bits per heavy atom. The highest BCUT2D eigenvalue weighted by molar-refractivity contribution is 6.39. The van der Waals surface area contributed by atoms with E-state index in [0.717, 1.165) is 70.6 Å². The first-order valence-electron chi connectivity index (χ1n) is 52.3. The first kappa shape index (κ1) is 118. The summed E-state index contributed by atoms with van der Waals surface area (Å²) < 4.78 is 27.8. The average molecular weight is 2040 g/mol. The number of hydrogen-bond acceptors (Lipinski definition) is 24. The molecule has 4 saturated heterocycles. The predicted molar refractivity (Wildman–Crippen MR) is 537 cm³/mol. The van der Waals surface area contributed by atoms with Crippen LogP contribution in [-0.4, -0.2) is 269 Å². The molecule has 11 fully saturated rings. The Morgan fingerprint density at radius 2 is 0.924 bits per heavy atom. The zero-order valence-corrected chi connectivity index (χ0v) is 90.4. The van der Waals surface area contributed by atoms with Crippen LogP contribution in [0.15, 0.2) is 25.3 Å². The number of nitrogens with zero attached hydrogens (tertiary/aromatic N) is 3. The van der Waals surface area contributed by atoms with Gasteiger partial charge in [-0.3, -0.25) is 62.3 Å². The van der Waals surface area contributed by atoms with E-state index in [2.05, 4.69) is 71.6 Å². The van der Waals surface area contributed by atoms with Crippen molar-refractivity contribution < 1.29 is 115 Å². The molecule has 11 aliphatic rings. The molecule has 13 N–H and O–H groups in total. The summed E-state index contributed by atoms with van der Waals surface area (Å²) in [7, 11) is 0. The maximum atomic E-state index is 14.8. The SMILES string of the molecule is C=CCNC(=O)C(=O)C(CCC)NC(=O)[C@@H]1[C@@H]2[C@H](CN1C(=O)[C@@H](NC(=O)N[C@H](C(=O)OCC=C)C(C)C)C(C)(C)C)C2(C)C.CC(C)(C)OC(=O)CCNC(=O)C(=O)C(CC1CC1)NC(=O)[C@@H]1[C@@H]2[C@H](CN1C(=O)[C@@H](NC(=O)N[C@H](C(=O)OCC1CC1)C1CC1)C(C)(C)C)C2(C)C.CC(C)(C)OC(=O)[C@@H](NC(=O)N[C@H](C(=O)N1C[C@@H]2OC(C)(C)C[C@@H]2[C@H]1C(=O)NC(CC1CC1)C(=O)C(N)=O)C1(C)CCCCC1)C(C)(C)C. The topological polar surface area (TPSA) is 539 Å². The van der Waals surface area contributed by atoms with Crippen molar-refractivity contribution >= 4 is 112 Å². The van der Waals surface area contributed by atoms with Crippen LogP contribution in [0.25, 0.3) is 0 Å². The molecule has 15 amide bonds. The van der Waals surface area contributed by atoms with E-state index in [9.17, 15) is 91.1 Å². The number of likely N-dealkylation sites (tertiary alicyclic amines) is 3. The number of piperidine rings is 2. The van der Waals surface area contributed by atoms with Gasteiger partial charge in [0.2, 0.25) is 52.8 Å². The summed E-state index contributed by atoms with van der Waals surface area (Å²) in [6, 6.07) is -14.0. The fraction of sp³-hybridized carbons (Fsp3) is 0.783. The van der Waals surface area contributed by atoms with Gasteiger partial charge in [0.1, 0.15) is 72.2 Å². The predicted octanol–water partition coefficient (Wildman–Crippen LogP) is 7.83. The highest BCUT2D eigenvalue weighted by atomic mass is 16.6. The smallest absolute Gasteiger partial charge is 0.329 e. The van der Waals surface area contributed by atoms with Crippen molar-refractivity contribution in [2.24, 2.45) is 97.4 Å². The van der Waals surface area contributed by atoms with Crippen molar-refractivity contribution in [2.75, 3.05) is 45.9 Å². The van der Waals surface area contributed by atoms with Gasteiger partial charge < -0.3 is 103 Å². The molecule has 11 rings (SSSR count). The number of carbonyl (C=O) groups excluding carboxylic acids is 19. The van der Waals surface area contributed by atoms with E-state index >= 15 is 0 Å². The van der Waals surface area contributed by atoms with Crippen LogP contribution in [0.1, 0.15) is 295 Å². The van der Waals surface area contributed by atoms with E-state index in [0.29, 0.717) is 64.1 Å². The Hall–Kier alpha value is -10.6. The van der Waals surface area contributed by atoms with E-state index in [-0.39, 0.29) is 103 Å². The van der Waals surface area contributed by atoms with Crippen LogP contribution in [0, 0.1) is 91.7 Å². The largest absolute Gasteiger partial charge is 0.464 e. The molecule has 4 aliphatic heterocycles. The lowest BCUT2D eigenvalue weighted by Crippen LogP contribution is -2.63. The van der Waals surface area contributed by atoms with Gasteiger partial charge in [-0.15, -0.1) is 6.58 Å². The molecule has 39 heteroatoms. The molecule has 0 radical (unpaired) electrons. The number of primary amides is 1. The van der Waals surface area contributed by atoms with Crippen LogP contribution in [0.5, 0.6) is 0 Å². The first-order valence-corrected chi connectivity index (χ1v) is 52.3. The highest BCUT2D eigenvalue weighted by Crippen LogP contribution is 2.66. The van der Waals surface area contributed by atoms with Crippen LogP contribution >= 0.6 is 0 Å². The van der Waals surface area contributed by atoms with Crippen LogP contribution in [0.4, 0.5) is 14.4 Å². The molecule has 3 unspecified atom stereocenters. The van der Waals surface area contributed by atoms with Gasteiger partial charge in [0.05, 0.1) is 42.9 Å². The van der Waals surface area contributed by atoms with Crippen LogP contribution in [0.3, 0.4) is 0 Å². The van der Waals surface area contributed by atoms with Crippen molar-refractivity contribution in [3.8, 4) is 0 Å². The Labute approximate surface area is 855 Å². The standard InChI is InChI=1S/C38H59N5O9.C36H59N5O8.C32H51N5O7/c1-36(2,3)30(42-35(50)41-27(22-13-14-22)34(49)51-19-21-11-12-21)33(48)43-18-23-26(38(23,7)8)28(43)31(46)40-24(17-20-9-10-20)29(45)32(47)39-16-15-25(44)52-37(4,5)6;1-33(2,3)27(31(46)49-34(4,5)6)40-32(47)39-26(36(9)15-11-10-12-16-36)30(45)41-19-23-21(18-35(7,8)48-23)24(41)29(44)38-22(17-20-13-14-20)25(42)28(37)43;1-11-14-20(24(38)27(40)33-15-12-2)34-26(39)23-21-19(32(21,9)10)17-37(23)28(41)25(31(6,7)8)36-30(43)35-22(18(4)5)29(42)44-16-13-3/h20-24,26-28,30H,9-19H2,1-8H3,(H,39,47)(H,40,46)(H2,41,42,50);20-24,26-27H,10-19H2,1-9H3,(H2,37,43)(H,38,44)(H2,39,40,47);12-13,18-23,25H,2-3,11,14-17H2,1,4-10H3,(H,33,40)(H,34,39)(H2,35,36,43)/t23-,24?,26-,27-,28-,30+;21-,22?,23-,24-,26+,27+;19-,20?,21-,22-,23-,25+/m000/s1. The second kappa shape index (κ2) is 47.3. The maximum Gasteiger partial charge on any atom is 0.329 e. The van der Waals surface area contributed by atoms with Gasteiger partial charge in [-0.05, 0) is 205 Å². The Morgan fingerprint density at radius 3 is 1.37 bits per heavy atom. The van der Waals surface area contributed by atoms with Crippen molar-refractivity contribution in [3.05, 3.63) is 25.3 Å². The monoisotopic (exact) mass is 2040 g/mol. The molecule has 0 aromatic heterocycles. The zero-order valence-electron chi connectivity index (χ0n) is 90.4. The number of carbonyl (C=O) groups is 19. The van der Waals surface area contributed by atoms with E-state index < -0.39 is 230 Å². The third-order valence-corrected chi connectivity index (χ3v) is 30.1. The van der Waals surface area contributed by atoms with Crippen molar-refractivity contribution in [3.63, 3.8) is 0 Å². The minimum Gasteiger partial charge on any atom is -0.464 e. The summed E-state index contributed by atoms with van der Waals surface area (Å²) in [4.78, 5) is 257. The summed E-state index contributed by atoms with van der Waals surface area (Å²) in [5.41, 5.74) is 0.0720. The third-order valence-electron chi connectivity index (χ3n) is 30.1. The lowest BCUT2D eigenvalue weighted by molar-refractivity contribution is -0.160. The molecule has 812 valence electrons. The molecule has 4 heterocycles. The zero-order chi connectivity index (χ0) is 109. The molecule has 7 aliphatic carbocycles. The van der Waals surface area contributed by atoms with Crippen LogP contribution in [-0.2, 0) is 100 Å². The van der Waals surface area contributed by atoms with Crippen molar-refractivity contribution in [1.82, 2.24) is 73.2 Å². The fourth-order valence-electron chi connectivity index (χ4n) is 21.1. The number of ketones is 3. The number of urea groups is 3. The molecule has 0 bridgehead atoms. The molecule has 7 saturated carbocycles. The lowest BCUT2D eigenvalue weighted by atomic mass is 9.70. The Kier molecular flexibility index (Phi) is 38.4. The summed E-state index contributed by atoms with van der Waals surface area (Å²) in [6.45, 7) is 54.3. The number of nitrogens with two attached hydrogens (primary N) is 1. The van der Waals surface area contributed by atoms with Crippen molar-refractivity contribution in [1.29, 1.82) is 0 Å². The number of amides is 15. The maximum absolute atomic E-state index is 14.8. The third kappa shape index (κ3) is 31.7. The fourth-order valence-corrected chi connectivity index (χ4v) is 21.1. The minimum atomic E-state index is -1.12. The molecule has 0 aromatic rings. The van der Waals surface area contributed by atoms with Gasteiger partial charge in [-0.25, -0.2) is 28.8 Å². The van der Waals surface area contributed by atoms with E-state index in [4.69, 9.17) is 29.4 Å². The molecule has 0 aromatic carbocycles. The summed E-state index contributed by atoms with van der Waals surface area (Å²) in [5, 5.41) is 30.0. The van der Waals surface area contributed by atoms with E-state index in [1.807, 2.05) is 96.9 Å². The normalized spacial score (nSPS) is 24.6. The number of esters is 4. The van der Waals surface area contributed by atoms with Crippen LogP contribution < -0.4 is 64.2 Å². The summed E-state index contributed by atoms with van der Waals surface area (Å²) in [6.07, 6.45) is 15.5. The second-order valence-electron chi connectivity index (χ2n) is 49.8.